The lowest BCUT2D eigenvalue weighted by Crippen LogP contribution is -1.98. The molecular formula is C8H5F3OS. The fraction of sp³-hybridized carbons (Fsp3) is 0.125. The van der Waals surface area contributed by atoms with Gasteiger partial charge in [-0.05, 0) is 12.3 Å². The summed E-state index contributed by atoms with van der Waals surface area (Å²) < 4.78 is 38.7. The van der Waals surface area contributed by atoms with Gasteiger partial charge in [0.15, 0.2) is 17.9 Å². The number of hydrogen-bond donors (Lipinski definition) is 0. The first-order valence-corrected chi connectivity index (χ1v) is 4.51. The van der Waals surface area contributed by atoms with Crippen LogP contribution in [0.3, 0.4) is 0 Å². The molecule has 0 amide bonds. The van der Waals surface area contributed by atoms with Crippen molar-refractivity contribution in [1.82, 2.24) is 0 Å². The van der Waals surface area contributed by atoms with E-state index < -0.39 is 27.9 Å². The number of carbonyl (C=O) groups is 1. The Morgan fingerprint density at radius 3 is 2.38 bits per heavy atom. The second kappa shape index (κ2) is 3.83. The summed E-state index contributed by atoms with van der Waals surface area (Å²) in [6, 6.07) is 0.678. The molecule has 0 aliphatic carbocycles. The molecule has 0 aliphatic rings. The molecule has 1 nitrogen and oxygen atoms in total. The van der Waals surface area contributed by atoms with E-state index in [-0.39, 0.29) is 6.29 Å². The molecule has 0 saturated heterocycles. The highest BCUT2D eigenvalue weighted by atomic mass is 32.2. The van der Waals surface area contributed by atoms with E-state index in [1.807, 2.05) is 0 Å². The van der Waals surface area contributed by atoms with Crippen LogP contribution in [0, 0.1) is 17.5 Å². The van der Waals surface area contributed by atoms with Gasteiger partial charge in [0, 0.05) is 0 Å². The number of rotatable bonds is 2. The fourth-order valence-electron chi connectivity index (χ4n) is 0.870. The molecule has 0 radical (unpaired) electrons. The van der Waals surface area contributed by atoms with Crippen LogP contribution in [0.15, 0.2) is 11.0 Å². The lowest BCUT2D eigenvalue weighted by atomic mass is 10.2. The zero-order valence-electron chi connectivity index (χ0n) is 6.61. The largest absolute Gasteiger partial charge is 0.298 e. The van der Waals surface area contributed by atoms with Crippen molar-refractivity contribution >= 4 is 18.0 Å². The number of thioether (sulfide) groups is 1. The standard InChI is InChI=1S/C8H5F3OS/c1-13-8-5(9)2-4(3-12)6(10)7(8)11/h2-3H,1H3. The number of hydrogen-bond acceptors (Lipinski definition) is 2. The van der Waals surface area contributed by atoms with Gasteiger partial charge in [-0.3, -0.25) is 4.79 Å². The summed E-state index contributed by atoms with van der Waals surface area (Å²) in [6.07, 6.45) is 1.49. The predicted molar refractivity (Wildman–Crippen MR) is 43.5 cm³/mol. The lowest BCUT2D eigenvalue weighted by Gasteiger charge is -2.03. The fourth-order valence-corrected chi connectivity index (χ4v) is 1.39. The highest BCUT2D eigenvalue weighted by Gasteiger charge is 2.17. The average molecular weight is 206 g/mol. The smallest absolute Gasteiger partial charge is 0.176 e. The molecular weight excluding hydrogens is 201 g/mol. The lowest BCUT2D eigenvalue weighted by molar-refractivity contribution is 0.111. The van der Waals surface area contributed by atoms with E-state index in [0.717, 1.165) is 11.8 Å². The Labute approximate surface area is 76.9 Å². The number of carbonyl (C=O) groups excluding carboxylic acids is 1. The van der Waals surface area contributed by atoms with Gasteiger partial charge in [0.1, 0.15) is 5.82 Å². The molecule has 0 heterocycles. The van der Waals surface area contributed by atoms with Crippen molar-refractivity contribution < 1.29 is 18.0 Å². The van der Waals surface area contributed by atoms with Gasteiger partial charge in [0.05, 0.1) is 10.5 Å². The Kier molecular flexibility index (Phi) is 2.98. The van der Waals surface area contributed by atoms with Crippen LogP contribution < -0.4 is 0 Å². The van der Waals surface area contributed by atoms with E-state index in [1.165, 1.54) is 6.26 Å². The van der Waals surface area contributed by atoms with Gasteiger partial charge in [-0.1, -0.05) is 0 Å². The maximum Gasteiger partial charge on any atom is 0.176 e. The molecule has 0 aromatic heterocycles. The van der Waals surface area contributed by atoms with Gasteiger partial charge in [-0.15, -0.1) is 11.8 Å². The van der Waals surface area contributed by atoms with Crippen molar-refractivity contribution in [1.29, 1.82) is 0 Å². The minimum absolute atomic E-state index is 0.0750. The van der Waals surface area contributed by atoms with E-state index >= 15 is 0 Å². The van der Waals surface area contributed by atoms with Crippen LogP contribution >= 0.6 is 11.8 Å². The van der Waals surface area contributed by atoms with E-state index in [0.29, 0.717) is 6.07 Å². The minimum Gasteiger partial charge on any atom is -0.298 e. The molecule has 70 valence electrons. The molecule has 0 unspecified atom stereocenters. The SMILES string of the molecule is CSc1c(F)cc(C=O)c(F)c1F. The third-order valence-electron chi connectivity index (χ3n) is 1.48. The Morgan fingerprint density at radius 1 is 1.31 bits per heavy atom. The molecule has 0 atom stereocenters. The maximum atomic E-state index is 12.9. The third-order valence-corrected chi connectivity index (χ3v) is 2.26. The molecule has 13 heavy (non-hydrogen) atoms. The molecule has 1 aromatic rings. The van der Waals surface area contributed by atoms with Crippen LogP contribution in [-0.2, 0) is 0 Å². The average Bonchev–Trinajstić information content (AvgIpc) is 2.12. The van der Waals surface area contributed by atoms with E-state index in [2.05, 4.69) is 0 Å². The first-order valence-electron chi connectivity index (χ1n) is 3.28. The number of halogens is 3. The molecule has 0 saturated carbocycles. The topological polar surface area (TPSA) is 17.1 Å². The summed E-state index contributed by atoms with van der Waals surface area (Å²) in [5.41, 5.74) is -0.604. The van der Waals surface area contributed by atoms with Gasteiger partial charge in [0.25, 0.3) is 0 Å². The Hall–Kier alpha value is -0.970. The quantitative estimate of drug-likeness (QED) is 0.420. The monoisotopic (exact) mass is 206 g/mol. The van der Waals surface area contributed by atoms with Crippen molar-refractivity contribution in [3.05, 3.63) is 29.1 Å². The molecule has 0 bridgehead atoms. The molecule has 1 rings (SSSR count). The molecule has 5 heteroatoms. The van der Waals surface area contributed by atoms with Crippen LogP contribution in [0.25, 0.3) is 0 Å². The summed E-state index contributed by atoms with van der Waals surface area (Å²) in [6.45, 7) is 0. The zero-order chi connectivity index (χ0) is 10.0. The van der Waals surface area contributed by atoms with Gasteiger partial charge in [0.2, 0.25) is 0 Å². The van der Waals surface area contributed by atoms with Crippen LogP contribution in [0.2, 0.25) is 0 Å². The van der Waals surface area contributed by atoms with Gasteiger partial charge in [-0.25, -0.2) is 13.2 Å². The van der Waals surface area contributed by atoms with Crippen LogP contribution in [-0.4, -0.2) is 12.5 Å². The summed E-state index contributed by atoms with van der Waals surface area (Å²) in [4.78, 5) is 9.74. The van der Waals surface area contributed by atoms with Crippen molar-refractivity contribution in [3.63, 3.8) is 0 Å². The number of benzene rings is 1. The second-order valence-electron chi connectivity index (χ2n) is 2.23. The van der Waals surface area contributed by atoms with Crippen molar-refractivity contribution in [2.24, 2.45) is 0 Å². The van der Waals surface area contributed by atoms with Gasteiger partial charge >= 0.3 is 0 Å². The van der Waals surface area contributed by atoms with Gasteiger partial charge in [-0.2, -0.15) is 0 Å². The van der Waals surface area contributed by atoms with Crippen molar-refractivity contribution in [2.45, 2.75) is 4.90 Å². The second-order valence-corrected chi connectivity index (χ2v) is 3.04. The summed E-state index contributed by atoms with van der Waals surface area (Å²) in [7, 11) is 0. The third kappa shape index (κ3) is 1.70. The molecule has 0 spiro atoms. The highest BCUT2D eigenvalue weighted by Crippen LogP contribution is 2.26. The molecule has 0 N–H and O–H groups in total. The summed E-state index contributed by atoms with van der Waals surface area (Å²) in [5.74, 6) is -3.54. The zero-order valence-corrected chi connectivity index (χ0v) is 7.42. The van der Waals surface area contributed by atoms with Crippen LogP contribution in [0.1, 0.15) is 10.4 Å². The van der Waals surface area contributed by atoms with Crippen LogP contribution in [0.5, 0.6) is 0 Å². The summed E-state index contributed by atoms with van der Waals surface area (Å²) in [5, 5.41) is 0. The first kappa shape index (κ1) is 10.1. The maximum absolute atomic E-state index is 12.9. The Bertz CT molecular complexity index is 352. The molecule has 0 aliphatic heterocycles. The minimum atomic E-state index is -1.31. The summed E-state index contributed by atoms with van der Waals surface area (Å²) >= 11 is 0.749. The normalized spacial score (nSPS) is 10.2. The van der Waals surface area contributed by atoms with Crippen molar-refractivity contribution in [2.75, 3.05) is 6.26 Å². The molecule has 1 aromatic carbocycles. The highest BCUT2D eigenvalue weighted by molar-refractivity contribution is 7.98. The molecule has 0 fully saturated rings. The van der Waals surface area contributed by atoms with E-state index in [4.69, 9.17) is 0 Å². The van der Waals surface area contributed by atoms with E-state index in [9.17, 15) is 18.0 Å². The first-order chi connectivity index (χ1) is 6.11. The van der Waals surface area contributed by atoms with Crippen molar-refractivity contribution in [3.8, 4) is 0 Å². The van der Waals surface area contributed by atoms with Gasteiger partial charge < -0.3 is 0 Å². The number of aldehydes is 1. The van der Waals surface area contributed by atoms with Crippen LogP contribution in [0.4, 0.5) is 13.2 Å². The predicted octanol–water partition coefficient (Wildman–Crippen LogP) is 2.64. The Balaban J connectivity index is 3.45. The van der Waals surface area contributed by atoms with E-state index in [1.54, 1.807) is 0 Å². The Morgan fingerprint density at radius 2 is 1.92 bits per heavy atom.